The van der Waals surface area contributed by atoms with Gasteiger partial charge in [0.25, 0.3) is 5.91 Å². The maximum atomic E-state index is 12.8. The van der Waals surface area contributed by atoms with Crippen LogP contribution < -0.4 is 10.6 Å². The lowest BCUT2D eigenvalue weighted by Gasteiger charge is -2.23. The summed E-state index contributed by atoms with van der Waals surface area (Å²) >= 11 is 1.37. The molecule has 2 amide bonds. The van der Waals surface area contributed by atoms with E-state index in [4.69, 9.17) is 0 Å². The summed E-state index contributed by atoms with van der Waals surface area (Å²) in [7, 11) is 5.84. The van der Waals surface area contributed by atoms with Gasteiger partial charge in [-0.1, -0.05) is 42.1 Å². The van der Waals surface area contributed by atoms with Crippen molar-refractivity contribution >= 4 is 29.3 Å². The number of carbonyl (C=O) groups excluding carboxylic acids is 2. The van der Waals surface area contributed by atoms with Crippen LogP contribution in [0.4, 0.5) is 5.69 Å². The number of aromatic nitrogens is 2. The average molecular weight is 438 g/mol. The van der Waals surface area contributed by atoms with Gasteiger partial charge in [-0.2, -0.15) is 0 Å². The Hall–Kier alpha value is -3.10. The first kappa shape index (κ1) is 22.6. The van der Waals surface area contributed by atoms with Crippen LogP contribution in [0.3, 0.4) is 0 Å². The van der Waals surface area contributed by atoms with Gasteiger partial charge in [0.05, 0.1) is 11.8 Å². The van der Waals surface area contributed by atoms with Crippen LogP contribution >= 0.6 is 11.8 Å². The SMILES string of the molecule is CN(C)C[C@@H](NC(=O)c1ccc(NC(=O)CSc2nccn2C)cc1)c1ccccc1. The molecule has 0 saturated carbocycles. The minimum absolute atomic E-state index is 0.119. The van der Waals surface area contributed by atoms with Crippen molar-refractivity contribution in [3.05, 3.63) is 78.1 Å². The molecule has 0 aliphatic carbocycles. The number of aryl methyl sites for hydroxylation is 1. The number of amides is 2. The van der Waals surface area contributed by atoms with E-state index in [2.05, 4.69) is 15.6 Å². The monoisotopic (exact) mass is 437 g/mol. The number of nitrogens with one attached hydrogen (secondary N) is 2. The Morgan fingerprint density at radius 3 is 2.42 bits per heavy atom. The molecule has 1 aromatic heterocycles. The second-order valence-electron chi connectivity index (χ2n) is 7.43. The number of hydrogen-bond donors (Lipinski definition) is 2. The van der Waals surface area contributed by atoms with Crippen molar-refractivity contribution in [2.24, 2.45) is 7.05 Å². The van der Waals surface area contributed by atoms with Crippen molar-refractivity contribution < 1.29 is 9.59 Å². The van der Waals surface area contributed by atoms with E-state index < -0.39 is 0 Å². The number of carbonyl (C=O) groups is 2. The van der Waals surface area contributed by atoms with E-state index in [9.17, 15) is 9.59 Å². The molecule has 0 bridgehead atoms. The smallest absolute Gasteiger partial charge is 0.251 e. The average Bonchev–Trinajstić information content (AvgIpc) is 3.17. The number of benzene rings is 2. The summed E-state index contributed by atoms with van der Waals surface area (Å²) in [6, 6.07) is 16.7. The summed E-state index contributed by atoms with van der Waals surface area (Å²) in [6.45, 7) is 0.692. The molecule has 31 heavy (non-hydrogen) atoms. The number of anilines is 1. The van der Waals surface area contributed by atoms with Crippen LogP contribution in [0.5, 0.6) is 0 Å². The summed E-state index contributed by atoms with van der Waals surface area (Å²) in [5, 5.41) is 6.73. The summed E-state index contributed by atoms with van der Waals surface area (Å²) in [5.41, 5.74) is 2.24. The molecule has 0 fully saturated rings. The fraction of sp³-hybridized carbons (Fsp3) is 0.261. The Bertz CT molecular complexity index is 1000. The highest BCUT2D eigenvalue weighted by Crippen LogP contribution is 2.17. The van der Waals surface area contributed by atoms with Crippen LogP contribution in [0.15, 0.2) is 72.1 Å². The molecule has 3 rings (SSSR count). The fourth-order valence-electron chi connectivity index (χ4n) is 3.05. The Kier molecular flexibility index (Phi) is 7.86. The van der Waals surface area contributed by atoms with E-state index in [1.165, 1.54) is 11.8 Å². The minimum Gasteiger partial charge on any atom is -0.344 e. The first-order valence-electron chi connectivity index (χ1n) is 9.93. The molecule has 1 atom stereocenters. The zero-order chi connectivity index (χ0) is 22.2. The lowest BCUT2D eigenvalue weighted by Crippen LogP contribution is -2.35. The van der Waals surface area contributed by atoms with Crippen molar-refractivity contribution in [1.29, 1.82) is 0 Å². The summed E-state index contributed by atoms with van der Waals surface area (Å²) in [6.07, 6.45) is 3.54. The standard InChI is InChI=1S/C23H27N5O2S/c1-27(2)15-20(17-7-5-4-6-8-17)26-22(30)18-9-11-19(12-10-18)25-21(29)16-31-23-24-13-14-28(23)3/h4-14,20H,15-16H2,1-3H3,(H,25,29)(H,26,30)/t20-/m1/s1. The molecule has 0 spiro atoms. The Labute approximate surface area is 186 Å². The maximum Gasteiger partial charge on any atom is 0.251 e. The molecule has 3 aromatic rings. The number of hydrogen-bond acceptors (Lipinski definition) is 5. The highest BCUT2D eigenvalue weighted by atomic mass is 32.2. The molecule has 1 heterocycles. The molecule has 2 aromatic carbocycles. The third-order valence-corrected chi connectivity index (χ3v) is 5.65. The van der Waals surface area contributed by atoms with Gasteiger partial charge in [0.15, 0.2) is 5.16 Å². The predicted octanol–water partition coefficient (Wildman–Crippen LogP) is 3.18. The predicted molar refractivity (Wildman–Crippen MR) is 124 cm³/mol. The zero-order valence-electron chi connectivity index (χ0n) is 17.9. The Morgan fingerprint density at radius 1 is 1.10 bits per heavy atom. The normalized spacial score (nSPS) is 11.9. The first-order chi connectivity index (χ1) is 14.9. The molecule has 162 valence electrons. The lowest BCUT2D eigenvalue weighted by molar-refractivity contribution is -0.113. The number of thioether (sulfide) groups is 1. The third-order valence-electron chi connectivity index (χ3n) is 4.60. The van der Waals surface area contributed by atoms with E-state index in [0.29, 0.717) is 17.8 Å². The molecule has 0 saturated heterocycles. The Balaban J connectivity index is 1.57. The molecule has 0 aliphatic rings. The summed E-state index contributed by atoms with van der Waals surface area (Å²) in [4.78, 5) is 31.2. The summed E-state index contributed by atoms with van der Waals surface area (Å²) in [5.74, 6) is -0.0182. The summed E-state index contributed by atoms with van der Waals surface area (Å²) < 4.78 is 1.87. The topological polar surface area (TPSA) is 79.3 Å². The van der Waals surface area contributed by atoms with E-state index in [1.54, 1.807) is 30.5 Å². The van der Waals surface area contributed by atoms with Crippen molar-refractivity contribution in [3.8, 4) is 0 Å². The van der Waals surface area contributed by atoms with Gasteiger partial charge in [0, 0.05) is 37.2 Å². The van der Waals surface area contributed by atoms with Crippen molar-refractivity contribution in [1.82, 2.24) is 19.8 Å². The van der Waals surface area contributed by atoms with Gasteiger partial charge in [0.2, 0.25) is 5.91 Å². The van der Waals surface area contributed by atoms with Crippen LogP contribution in [0.25, 0.3) is 0 Å². The number of nitrogens with zero attached hydrogens (tertiary/aromatic N) is 3. The molecule has 8 heteroatoms. The quantitative estimate of drug-likeness (QED) is 0.503. The maximum absolute atomic E-state index is 12.8. The second kappa shape index (κ2) is 10.8. The molecule has 0 radical (unpaired) electrons. The molecule has 0 unspecified atom stereocenters. The first-order valence-corrected chi connectivity index (χ1v) is 10.9. The molecular weight excluding hydrogens is 410 g/mol. The minimum atomic E-state index is -0.154. The van der Waals surface area contributed by atoms with Gasteiger partial charge in [0.1, 0.15) is 0 Å². The lowest BCUT2D eigenvalue weighted by atomic mass is 10.1. The van der Waals surface area contributed by atoms with Crippen LogP contribution in [-0.4, -0.2) is 52.7 Å². The fourth-order valence-corrected chi connectivity index (χ4v) is 3.78. The molecule has 7 nitrogen and oxygen atoms in total. The van der Waals surface area contributed by atoms with Crippen LogP contribution in [-0.2, 0) is 11.8 Å². The van der Waals surface area contributed by atoms with E-state index >= 15 is 0 Å². The number of imidazole rings is 1. The van der Waals surface area contributed by atoms with Gasteiger partial charge in [-0.25, -0.2) is 4.98 Å². The van der Waals surface area contributed by atoms with Crippen molar-refractivity contribution in [3.63, 3.8) is 0 Å². The van der Waals surface area contributed by atoms with Gasteiger partial charge < -0.3 is 20.1 Å². The Morgan fingerprint density at radius 2 is 1.81 bits per heavy atom. The highest BCUT2D eigenvalue weighted by Gasteiger charge is 2.16. The molecule has 2 N–H and O–H groups in total. The highest BCUT2D eigenvalue weighted by molar-refractivity contribution is 7.99. The molecular formula is C23H27N5O2S. The van der Waals surface area contributed by atoms with E-state index in [0.717, 1.165) is 10.7 Å². The van der Waals surface area contributed by atoms with E-state index in [1.807, 2.05) is 67.1 Å². The van der Waals surface area contributed by atoms with Crippen molar-refractivity contribution in [2.45, 2.75) is 11.2 Å². The zero-order valence-corrected chi connectivity index (χ0v) is 18.7. The molecule has 0 aliphatic heterocycles. The number of likely N-dealkylation sites (N-methyl/N-ethyl adjacent to an activating group) is 1. The van der Waals surface area contributed by atoms with Crippen LogP contribution in [0.1, 0.15) is 22.0 Å². The largest absolute Gasteiger partial charge is 0.344 e. The van der Waals surface area contributed by atoms with Gasteiger partial charge >= 0.3 is 0 Å². The van der Waals surface area contributed by atoms with Gasteiger partial charge in [-0.05, 0) is 43.9 Å². The van der Waals surface area contributed by atoms with E-state index in [-0.39, 0.29) is 23.6 Å². The van der Waals surface area contributed by atoms with Gasteiger partial charge in [-0.15, -0.1) is 0 Å². The van der Waals surface area contributed by atoms with Crippen LogP contribution in [0.2, 0.25) is 0 Å². The number of rotatable bonds is 9. The third kappa shape index (κ3) is 6.70. The van der Waals surface area contributed by atoms with Gasteiger partial charge in [-0.3, -0.25) is 9.59 Å². The second-order valence-corrected chi connectivity index (χ2v) is 8.38. The van der Waals surface area contributed by atoms with Crippen LogP contribution in [0, 0.1) is 0 Å². The van der Waals surface area contributed by atoms with Crippen molar-refractivity contribution in [2.75, 3.05) is 31.7 Å².